The highest BCUT2D eigenvalue weighted by Crippen LogP contribution is 2.17. The van der Waals surface area contributed by atoms with Gasteiger partial charge in [-0.3, -0.25) is 9.59 Å². The van der Waals surface area contributed by atoms with Crippen LogP contribution in [0.15, 0.2) is 36.5 Å². The molecule has 3 N–H and O–H groups in total. The molecule has 0 aromatic carbocycles. The molecule has 1 amide bonds. The summed E-state index contributed by atoms with van der Waals surface area (Å²) < 4.78 is 5.46. The molecule has 0 fully saturated rings. The van der Waals surface area contributed by atoms with Gasteiger partial charge >= 0.3 is 5.97 Å². The number of aliphatic hydroxyl groups excluding tert-OH is 2. The van der Waals surface area contributed by atoms with Crippen molar-refractivity contribution in [3.8, 4) is 0 Å². The Kier molecular flexibility index (Phi) is 59.0. The first-order valence-corrected chi connectivity index (χ1v) is 31.8. The minimum Gasteiger partial charge on any atom is -0.466 e. The predicted molar refractivity (Wildman–Crippen MR) is 310 cm³/mol. The van der Waals surface area contributed by atoms with Crippen LogP contribution in [-0.4, -0.2) is 47.4 Å². The molecule has 0 spiro atoms. The molecule has 0 bridgehead atoms. The molecular formula is C65H123NO5. The Morgan fingerprint density at radius 3 is 1.04 bits per heavy atom. The lowest BCUT2D eigenvalue weighted by molar-refractivity contribution is -0.143. The number of carbonyl (C=O) groups is 2. The van der Waals surface area contributed by atoms with Crippen LogP contribution in [0.1, 0.15) is 341 Å². The fourth-order valence-corrected chi connectivity index (χ4v) is 9.73. The quantitative estimate of drug-likeness (QED) is 0.0321. The SMILES string of the molecule is CCCC/C=C\CCCCCCCC(=O)OCCCCCCCCCCCCCC/C=C\CCCCCCCCCCCCCCCCCC(=O)NC(CO)C(O)/C=C/CCCCCCCCCCCC. The molecule has 0 saturated carbocycles. The zero-order chi connectivity index (χ0) is 51.4. The Hall–Kier alpha value is -1.92. The Morgan fingerprint density at radius 2 is 0.676 bits per heavy atom. The molecule has 2 atom stereocenters. The van der Waals surface area contributed by atoms with Crippen molar-refractivity contribution in [3.63, 3.8) is 0 Å². The molecule has 0 aliphatic carbocycles. The monoisotopic (exact) mass is 998 g/mol. The van der Waals surface area contributed by atoms with Crippen molar-refractivity contribution >= 4 is 11.9 Å². The number of hydrogen-bond acceptors (Lipinski definition) is 5. The molecule has 0 rings (SSSR count). The van der Waals surface area contributed by atoms with Gasteiger partial charge in [0.05, 0.1) is 25.4 Å². The lowest BCUT2D eigenvalue weighted by atomic mass is 10.0. The third-order valence-corrected chi connectivity index (χ3v) is 14.6. The number of amides is 1. The van der Waals surface area contributed by atoms with Gasteiger partial charge in [0.15, 0.2) is 0 Å². The summed E-state index contributed by atoms with van der Waals surface area (Å²) in [5, 5.41) is 23.1. The molecule has 6 nitrogen and oxygen atoms in total. The first kappa shape index (κ1) is 69.1. The fourth-order valence-electron chi connectivity index (χ4n) is 9.73. The zero-order valence-electron chi connectivity index (χ0n) is 47.7. The van der Waals surface area contributed by atoms with E-state index in [4.69, 9.17) is 4.74 Å². The van der Waals surface area contributed by atoms with Gasteiger partial charge in [0.1, 0.15) is 0 Å². The summed E-state index contributed by atoms with van der Waals surface area (Å²) in [5.74, 6) is -0.0597. The number of rotatable bonds is 59. The van der Waals surface area contributed by atoms with Gasteiger partial charge in [-0.15, -0.1) is 0 Å². The van der Waals surface area contributed by atoms with Crippen LogP contribution >= 0.6 is 0 Å². The second-order valence-electron chi connectivity index (χ2n) is 21.7. The van der Waals surface area contributed by atoms with Crippen LogP contribution in [0.5, 0.6) is 0 Å². The molecular weight excluding hydrogens is 875 g/mol. The molecule has 2 unspecified atom stereocenters. The smallest absolute Gasteiger partial charge is 0.305 e. The van der Waals surface area contributed by atoms with Crippen LogP contribution in [0.25, 0.3) is 0 Å². The second kappa shape index (κ2) is 60.6. The zero-order valence-corrected chi connectivity index (χ0v) is 47.7. The number of esters is 1. The third-order valence-electron chi connectivity index (χ3n) is 14.6. The number of aliphatic hydroxyl groups is 2. The maximum Gasteiger partial charge on any atom is 0.305 e. The largest absolute Gasteiger partial charge is 0.466 e. The summed E-state index contributed by atoms with van der Waals surface area (Å²) in [6, 6.07) is -0.625. The maximum atomic E-state index is 12.4. The van der Waals surface area contributed by atoms with E-state index in [2.05, 4.69) is 43.5 Å². The van der Waals surface area contributed by atoms with Gasteiger partial charge in [-0.05, 0) is 77.0 Å². The van der Waals surface area contributed by atoms with Gasteiger partial charge in [-0.25, -0.2) is 0 Å². The predicted octanol–water partition coefficient (Wildman–Crippen LogP) is 20.0. The van der Waals surface area contributed by atoms with E-state index in [1.165, 1.54) is 270 Å². The standard InChI is InChI=1S/C65H123NO5/c1-3-5-7-9-11-13-15-38-41-45-49-53-57-63(68)62(61-67)66-64(69)58-54-50-46-42-39-35-33-31-29-27-25-23-21-19-17-16-18-20-22-24-26-28-30-32-34-36-40-44-48-52-56-60-71-65(70)59-55-51-47-43-37-14-12-10-8-6-4-2/h10,12,18,20,53,57,62-63,67-68H,3-9,11,13-17,19,21-52,54-56,58-61H2,1-2H3,(H,66,69)/b12-10-,20-18-,57-53+. The summed E-state index contributed by atoms with van der Waals surface area (Å²) in [6.07, 6.45) is 76.4. The molecule has 0 aliphatic rings. The first-order chi connectivity index (χ1) is 35.0. The van der Waals surface area contributed by atoms with E-state index >= 15 is 0 Å². The van der Waals surface area contributed by atoms with E-state index < -0.39 is 12.1 Å². The molecule has 0 aromatic rings. The molecule has 418 valence electrons. The Morgan fingerprint density at radius 1 is 0.380 bits per heavy atom. The number of unbranched alkanes of at least 4 members (excludes halogenated alkanes) is 44. The molecule has 0 radical (unpaired) electrons. The number of allylic oxidation sites excluding steroid dienone is 5. The number of nitrogens with one attached hydrogen (secondary N) is 1. The van der Waals surface area contributed by atoms with Crippen molar-refractivity contribution < 1.29 is 24.5 Å². The van der Waals surface area contributed by atoms with Gasteiger partial charge in [-0.1, -0.05) is 288 Å². The van der Waals surface area contributed by atoms with Crippen LogP contribution in [0, 0.1) is 0 Å². The summed E-state index contributed by atoms with van der Waals surface area (Å²) in [5.41, 5.74) is 0. The van der Waals surface area contributed by atoms with Crippen LogP contribution in [0.4, 0.5) is 0 Å². The van der Waals surface area contributed by atoms with Crippen molar-refractivity contribution in [2.45, 2.75) is 353 Å². The molecule has 71 heavy (non-hydrogen) atoms. The average molecular weight is 999 g/mol. The van der Waals surface area contributed by atoms with Gasteiger partial charge in [-0.2, -0.15) is 0 Å². The van der Waals surface area contributed by atoms with Crippen LogP contribution in [0.2, 0.25) is 0 Å². The van der Waals surface area contributed by atoms with Gasteiger partial charge in [0.2, 0.25) is 5.91 Å². The highest BCUT2D eigenvalue weighted by molar-refractivity contribution is 5.76. The second-order valence-corrected chi connectivity index (χ2v) is 21.7. The molecule has 0 aromatic heterocycles. The van der Waals surface area contributed by atoms with E-state index in [0.29, 0.717) is 19.4 Å². The number of ether oxygens (including phenoxy) is 1. The van der Waals surface area contributed by atoms with E-state index in [1.807, 2.05) is 6.08 Å². The van der Waals surface area contributed by atoms with Crippen molar-refractivity contribution in [2.24, 2.45) is 0 Å². The van der Waals surface area contributed by atoms with Crippen LogP contribution in [-0.2, 0) is 14.3 Å². The number of hydrogen-bond donors (Lipinski definition) is 3. The minimum absolute atomic E-state index is 0.00608. The van der Waals surface area contributed by atoms with Crippen LogP contribution in [0.3, 0.4) is 0 Å². The summed E-state index contributed by atoms with van der Waals surface area (Å²) in [6.45, 7) is 4.87. The summed E-state index contributed by atoms with van der Waals surface area (Å²) in [4.78, 5) is 24.4. The molecule has 0 aliphatic heterocycles. The molecule has 6 heteroatoms. The highest BCUT2D eigenvalue weighted by Gasteiger charge is 2.18. The molecule has 0 heterocycles. The third kappa shape index (κ3) is 57.2. The minimum atomic E-state index is -0.842. The normalized spacial score (nSPS) is 12.8. The van der Waals surface area contributed by atoms with E-state index in [-0.39, 0.29) is 18.5 Å². The summed E-state index contributed by atoms with van der Waals surface area (Å²) in [7, 11) is 0. The van der Waals surface area contributed by atoms with Crippen molar-refractivity contribution in [3.05, 3.63) is 36.5 Å². The van der Waals surface area contributed by atoms with Gasteiger partial charge < -0.3 is 20.3 Å². The van der Waals surface area contributed by atoms with E-state index in [9.17, 15) is 19.8 Å². The topological polar surface area (TPSA) is 95.9 Å². The lowest BCUT2D eigenvalue weighted by Crippen LogP contribution is -2.45. The van der Waals surface area contributed by atoms with Gasteiger partial charge in [0.25, 0.3) is 0 Å². The lowest BCUT2D eigenvalue weighted by Gasteiger charge is -2.20. The fraction of sp³-hybridized carbons (Fsp3) is 0.877. The van der Waals surface area contributed by atoms with Crippen LogP contribution < -0.4 is 5.32 Å². The van der Waals surface area contributed by atoms with Crippen molar-refractivity contribution in [2.75, 3.05) is 13.2 Å². The Labute approximate surface area is 443 Å². The van der Waals surface area contributed by atoms with Crippen molar-refractivity contribution in [1.29, 1.82) is 0 Å². The van der Waals surface area contributed by atoms with Crippen molar-refractivity contribution in [1.82, 2.24) is 5.32 Å². The van der Waals surface area contributed by atoms with E-state index in [0.717, 1.165) is 44.9 Å². The average Bonchev–Trinajstić information content (AvgIpc) is 3.37. The first-order valence-electron chi connectivity index (χ1n) is 31.8. The molecule has 0 saturated heterocycles. The van der Waals surface area contributed by atoms with Gasteiger partial charge in [0, 0.05) is 12.8 Å². The maximum absolute atomic E-state index is 12.4. The highest BCUT2D eigenvalue weighted by atomic mass is 16.5. The number of carbonyl (C=O) groups excluding carboxylic acids is 2. The summed E-state index contributed by atoms with van der Waals surface area (Å²) >= 11 is 0. The Balaban J connectivity index is 3.37. The Bertz CT molecular complexity index is 1150. The van der Waals surface area contributed by atoms with E-state index in [1.54, 1.807) is 6.08 Å².